The van der Waals surface area contributed by atoms with E-state index in [0.29, 0.717) is 11.4 Å². The molecule has 0 fully saturated rings. The van der Waals surface area contributed by atoms with Crippen LogP contribution in [0.25, 0.3) is 10.9 Å². The lowest BCUT2D eigenvalue weighted by Gasteiger charge is -2.30. The van der Waals surface area contributed by atoms with Gasteiger partial charge in [0.05, 0.1) is 28.3 Å². The Morgan fingerprint density at radius 2 is 1.84 bits per heavy atom. The van der Waals surface area contributed by atoms with Crippen molar-refractivity contribution in [2.24, 2.45) is 10.9 Å². The number of aromatic nitrogens is 1. The van der Waals surface area contributed by atoms with Gasteiger partial charge >= 0.3 is 6.18 Å². The van der Waals surface area contributed by atoms with E-state index >= 15 is 0 Å². The molecule has 1 unspecified atom stereocenters. The lowest BCUT2D eigenvalue weighted by Crippen LogP contribution is -2.37. The quantitative estimate of drug-likeness (QED) is 0.769. The number of ether oxygens (including phenoxy) is 2. The summed E-state index contributed by atoms with van der Waals surface area (Å²) in [5.74, 6) is 0.0940. The molecule has 0 aliphatic carbocycles. The lowest BCUT2D eigenvalue weighted by atomic mass is 10.0. The van der Waals surface area contributed by atoms with Gasteiger partial charge in [-0.25, -0.2) is 4.99 Å². The van der Waals surface area contributed by atoms with Gasteiger partial charge in [-0.2, -0.15) is 13.2 Å². The molecule has 134 valence electrons. The molecule has 25 heavy (non-hydrogen) atoms. The van der Waals surface area contributed by atoms with Crippen molar-refractivity contribution in [3.8, 4) is 5.75 Å². The summed E-state index contributed by atoms with van der Waals surface area (Å²) in [6.07, 6.45) is -4.36. The zero-order valence-corrected chi connectivity index (χ0v) is 14.4. The first-order valence-electron chi connectivity index (χ1n) is 8.08. The Morgan fingerprint density at radius 1 is 1.12 bits per heavy atom. The molecule has 1 aliphatic rings. The van der Waals surface area contributed by atoms with Crippen LogP contribution in [0, 0.1) is 5.92 Å². The van der Waals surface area contributed by atoms with Crippen LogP contribution in [0.3, 0.4) is 0 Å². The van der Waals surface area contributed by atoms with Crippen molar-refractivity contribution in [2.75, 3.05) is 0 Å². The van der Waals surface area contributed by atoms with Crippen LogP contribution in [0.4, 0.5) is 18.9 Å². The molecule has 0 N–H and O–H groups in total. The maximum absolute atomic E-state index is 13.4. The van der Waals surface area contributed by atoms with Crippen molar-refractivity contribution in [1.29, 1.82) is 0 Å². The van der Waals surface area contributed by atoms with Crippen LogP contribution in [-0.4, -0.2) is 23.1 Å². The molecule has 1 atom stereocenters. The molecule has 1 aliphatic heterocycles. The van der Waals surface area contributed by atoms with Gasteiger partial charge in [-0.3, -0.25) is 4.98 Å². The third kappa shape index (κ3) is 3.33. The number of pyridine rings is 1. The molecule has 2 aromatic rings. The summed E-state index contributed by atoms with van der Waals surface area (Å²) >= 11 is 0. The molecule has 0 amide bonds. The summed E-state index contributed by atoms with van der Waals surface area (Å²) in [6, 6.07) is 4.10. The van der Waals surface area contributed by atoms with Crippen molar-refractivity contribution in [1.82, 2.24) is 4.98 Å². The summed E-state index contributed by atoms with van der Waals surface area (Å²) < 4.78 is 52.0. The van der Waals surface area contributed by atoms with E-state index in [1.807, 2.05) is 27.7 Å². The average molecular weight is 352 g/mol. The maximum Gasteiger partial charge on any atom is 0.417 e. The Kier molecular flexibility index (Phi) is 4.45. The zero-order valence-electron chi connectivity index (χ0n) is 14.4. The second-order valence-corrected chi connectivity index (χ2v) is 6.49. The van der Waals surface area contributed by atoms with Crippen LogP contribution in [0.1, 0.15) is 33.3 Å². The molecule has 1 aromatic heterocycles. The van der Waals surface area contributed by atoms with Gasteiger partial charge in [-0.15, -0.1) is 0 Å². The Labute approximate surface area is 143 Å². The van der Waals surface area contributed by atoms with Gasteiger partial charge in [0.2, 0.25) is 6.29 Å². The highest BCUT2D eigenvalue weighted by molar-refractivity contribution is 5.99. The highest BCUT2D eigenvalue weighted by Gasteiger charge is 2.37. The topological polar surface area (TPSA) is 43.7 Å². The third-order valence-electron chi connectivity index (χ3n) is 3.85. The highest BCUT2D eigenvalue weighted by Crippen LogP contribution is 2.45. The number of halogens is 3. The van der Waals surface area contributed by atoms with Crippen LogP contribution >= 0.6 is 0 Å². The monoisotopic (exact) mass is 352 g/mol. The number of benzene rings is 1. The second-order valence-electron chi connectivity index (χ2n) is 6.49. The number of hydrogen-bond donors (Lipinski definition) is 0. The average Bonchev–Trinajstić information content (AvgIpc) is 2.51. The van der Waals surface area contributed by atoms with Gasteiger partial charge in [0.1, 0.15) is 5.69 Å². The fourth-order valence-corrected chi connectivity index (χ4v) is 2.75. The van der Waals surface area contributed by atoms with E-state index < -0.39 is 18.0 Å². The predicted octanol–water partition coefficient (Wildman–Crippen LogP) is 5.13. The molecular weight excluding hydrogens is 333 g/mol. The van der Waals surface area contributed by atoms with Crippen LogP contribution < -0.4 is 4.74 Å². The molecule has 7 heteroatoms. The van der Waals surface area contributed by atoms with Crippen molar-refractivity contribution >= 4 is 22.3 Å². The minimum atomic E-state index is -4.52. The largest absolute Gasteiger partial charge is 0.456 e. The van der Waals surface area contributed by atoms with Gasteiger partial charge in [0.25, 0.3) is 0 Å². The van der Waals surface area contributed by atoms with Crippen molar-refractivity contribution in [2.45, 2.75) is 46.3 Å². The molecule has 0 bridgehead atoms. The molecule has 0 radical (unpaired) electrons. The number of alkyl halides is 3. The molecule has 0 spiro atoms. The zero-order chi connectivity index (χ0) is 18.4. The van der Waals surface area contributed by atoms with Gasteiger partial charge < -0.3 is 9.47 Å². The van der Waals surface area contributed by atoms with E-state index in [1.165, 1.54) is 6.07 Å². The Bertz CT molecular complexity index is 829. The van der Waals surface area contributed by atoms with E-state index in [4.69, 9.17) is 9.47 Å². The van der Waals surface area contributed by atoms with Crippen LogP contribution in [0.15, 0.2) is 29.4 Å². The fraction of sp³-hybridized carbons (Fsp3) is 0.444. The summed E-state index contributed by atoms with van der Waals surface area (Å²) in [5.41, 5.74) is 0.428. The SMILES string of the molecule is CC(C)OC1Oc2c(ccc3nccc(C(F)(F)F)c23)N=C1C(C)C. The van der Waals surface area contributed by atoms with Crippen LogP contribution in [-0.2, 0) is 10.9 Å². The van der Waals surface area contributed by atoms with Crippen LogP contribution in [0.5, 0.6) is 5.75 Å². The smallest absolute Gasteiger partial charge is 0.417 e. The van der Waals surface area contributed by atoms with E-state index in [-0.39, 0.29) is 28.7 Å². The molecule has 3 rings (SSSR count). The van der Waals surface area contributed by atoms with Crippen molar-refractivity contribution < 1.29 is 22.6 Å². The van der Waals surface area contributed by atoms with Gasteiger partial charge in [0, 0.05) is 6.20 Å². The van der Waals surface area contributed by atoms with E-state index in [2.05, 4.69) is 9.98 Å². The first-order valence-corrected chi connectivity index (χ1v) is 8.08. The molecule has 2 heterocycles. The Balaban J connectivity index is 2.24. The van der Waals surface area contributed by atoms with Crippen molar-refractivity contribution in [3.05, 3.63) is 30.0 Å². The maximum atomic E-state index is 13.4. The lowest BCUT2D eigenvalue weighted by molar-refractivity contribution is -0.136. The van der Waals surface area contributed by atoms with E-state index in [9.17, 15) is 13.2 Å². The van der Waals surface area contributed by atoms with Gasteiger partial charge in [-0.1, -0.05) is 13.8 Å². The number of fused-ring (bicyclic) bond motifs is 3. The van der Waals surface area contributed by atoms with Crippen molar-refractivity contribution in [3.63, 3.8) is 0 Å². The first kappa shape index (κ1) is 17.7. The first-order chi connectivity index (χ1) is 11.7. The Hall–Kier alpha value is -2.15. The highest BCUT2D eigenvalue weighted by atomic mass is 19.4. The molecule has 4 nitrogen and oxygen atoms in total. The van der Waals surface area contributed by atoms with E-state index in [0.717, 1.165) is 12.3 Å². The van der Waals surface area contributed by atoms with Crippen LogP contribution in [0.2, 0.25) is 0 Å². The normalized spacial score (nSPS) is 17.6. The summed E-state index contributed by atoms with van der Waals surface area (Å²) in [4.78, 5) is 8.56. The molecular formula is C18H19F3N2O2. The summed E-state index contributed by atoms with van der Waals surface area (Å²) in [6.45, 7) is 7.55. The summed E-state index contributed by atoms with van der Waals surface area (Å²) in [7, 11) is 0. The minimum absolute atomic E-state index is 0.0311. The van der Waals surface area contributed by atoms with Gasteiger partial charge in [0.15, 0.2) is 5.75 Å². The standard InChI is InChI=1S/C18H19F3N2O2/c1-9(2)15-17(24-10(3)4)25-16-13(23-15)6-5-12-14(16)11(7-8-22-12)18(19,20)21/h5-10,17H,1-4H3. The molecule has 1 aromatic carbocycles. The number of aliphatic imine (C=N–C) groups is 1. The minimum Gasteiger partial charge on any atom is -0.456 e. The predicted molar refractivity (Wildman–Crippen MR) is 89.3 cm³/mol. The molecule has 0 saturated heterocycles. The van der Waals surface area contributed by atoms with Gasteiger partial charge in [-0.05, 0) is 38.0 Å². The number of nitrogens with zero attached hydrogens (tertiary/aromatic N) is 2. The second kappa shape index (κ2) is 6.29. The summed E-state index contributed by atoms with van der Waals surface area (Å²) in [5, 5.41) is -0.0867. The number of rotatable bonds is 3. The fourth-order valence-electron chi connectivity index (χ4n) is 2.75. The third-order valence-corrected chi connectivity index (χ3v) is 3.85. The van der Waals surface area contributed by atoms with E-state index in [1.54, 1.807) is 6.07 Å². The Morgan fingerprint density at radius 3 is 2.44 bits per heavy atom. The number of hydrogen-bond acceptors (Lipinski definition) is 4. The molecule has 0 saturated carbocycles.